The number of aromatic hydroxyl groups is 4. The minimum Gasteiger partial charge on any atom is -0.507 e. The van der Waals surface area contributed by atoms with Crippen molar-refractivity contribution in [1.29, 1.82) is 0 Å². The van der Waals surface area contributed by atoms with E-state index in [1.807, 2.05) is 19.9 Å². The van der Waals surface area contributed by atoms with Crippen molar-refractivity contribution < 1.29 is 53.8 Å². The molecule has 4 rings (SSSR count). The quantitative estimate of drug-likeness (QED) is 0.0711. The third kappa shape index (κ3) is 6.96. The first kappa shape index (κ1) is 34.7. The molecule has 12 nitrogen and oxygen atoms in total. The summed E-state index contributed by atoms with van der Waals surface area (Å²) in [5.41, 5.74) is 0.981. The SMILES string of the molecule is CC(C)=CCc1c(O)cc2oc(C)cc(=O)c2c1O.COc1cc(C)c(C(=O)Oc2cc(C)c(O)c(C(=O)O)c2C)c(O)c1C=O. The van der Waals surface area contributed by atoms with Gasteiger partial charge >= 0.3 is 11.9 Å². The van der Waals surface area contributed by atoms with E-state index in [1.165, 1.54) is 52.1 Å². The van der Waals surface area contributed by atoms with Crippen molar-refractivity contribution in [3.05, 3.63) is 90.8 Å². The largest absolute Gasteiger partial charge is 0.507 e. The molecule has 0 saturated heterocycles. The number of benzene rings is 3. The third-order valence-electron chi connectivity index (χ3n) is 7.07. The molecule has 4 aromatic rings. The molecule has 0 spiro atoms. The van der Waals surface area contributed by atoms with Crippen molar-refractivity contribution in [2.45, 2.75) is 48.0 Å². The van der Waals surface area contributed by atoms with Gasteiger partial charge in [0.2, 0.25) is 0 Å². The van der Waals surface area contributed by atoms with Gasteiger partial charge in [-0.05, 0) is 71.2 Å². The zero-order valence-electron chi connectivity index (χ0n) is 26.3. The predicted molar refractivity (Wildman–Crippen MR) is 168 cm³/mol. The summed E-state index contributed by atoms with van der Waals surface area (Å²) >= 11 is 0. The fraction of sp³-hybridized carbons (Fsp3) is 0.235. The van der Waals surface area contributed by atoms with Gasteiger partial charge in [0.1, 0.15) is 62.4 Å². The topological polar surface area (TPSA) is 201 Å². The van der Waals surface area contributed by atoms with Crippen molar-refractivity contribution in [3.8, 4) is 34.5 Å². The van der Waals surface area contributed by atoms with Crippen LogP contribution in [0.25, 0.3) is 11.0 Å². The number of carboxylic acids is 1. The standard InChI is InChI=1S/C19H18O8.C15H16O4/c1-8-5-13(26-4)11(7-20)17(22)14(8)19(25)27-12-6-9(2)16(21)15(10(12)3)18(23)24;1-8(2)4-5-10-11(16)7-13-14(15(10)18)12(17)6-9(3)19-13/h5-7,21-22H,1-4H3,(H,23,24);4,6-7,16,18H,5H2,1-3H3. The molecule has 242 valence electrons. The number of hydrogen-bond donors (Lipinski definition) is 5. The molecule has 0 aliphatic heterocycles. The average Bonchev–Trinajstić information content (AvgIpc) is 2.95. The van der Waals surface area contributed by atoms with Gasteiger partial charge in [-0.15, -0.1) is 0 Å². The molecule has 5 N–H and O–H groups in total. The van der Waals surface area contributed by atoms with Crippen LogP contribution in [-0.2, 0) is 6.42 Å². The number of ether oxygens (including phenoxy) is 2. The molecule has 46 heavy (non-hydrogen) atoms. The van der Waals surface area contributed by atoms with Crippen molar-refractivity contribution in [2.24, 2.45) is 0 Å². The van der Waals surface area contributed by atoms with E-state index < -0.39 is 23.4 Å². The van der Waals surface area contributed by atoms with Gasteiger partial charge in [-0.1, -0.05) is 11.6 Å². The highest BCUT2D eigenvalue weighted by molar-refractivity contribution is 6.01. The van der Waals surface area contributed by atoms with Crippen molar-refractivity contribution in [1.82, 2.24) is 0 Å². The lowest BCUT2D eigenvalue weighted by Crippen LogP contribution is -2.14. The highest BCUT2D eigenvalue weighted by Crippen LogP contribution is 2.37. The summed E-state index contributed by atoms with van der Waals surface area (Å²) in [6, 6.07) is 5.41. The number of carbonyl (C=O) groups excluding carboxylic acids is 2. The van der Waals surface area contributed by atoms with Crippen molar-refractivity contribution >= 4 is 29.2 Å². The van der Waals surface area contributed by atoms with E-state index in [9.17, 15) is 44.7 Å². The molecular formula is C34H34O12. The zero-order chi connectivity index (χ0) is 34.6. The lowest BCUT2D eigenvalue weighted by atomic mass is 10.0. The Morgan fingerprint density at radius 3 is 2.07 bits per heavy atom. The van der Waals surface area contributed by atoms with Gasteiger partial charge < -0.3 is 39.4 Å². The Bertz CT molecular complexity index is 1960. The number of hydrogen-bond acceptors (Lipinski definition) is 11. The van der Waals surface area contributed by atoms with Crippen LogP contribution >= 0.6 is 0 Å². The van der Waals surface area contributed by atoms with Crippen LogP contribution in [0, 0.1) is 27.7 Å². The molecule has 0 radical (unpaired) electrons. The Morgan fingerprint density at radius 1 is 0.870 bits per heavy atom. The van der Waals surface area contributed by atoms with Gasteiger partial charge in [0, 0.05) is 23.3 Å². The number of allylic oxidation sites excluding steroid dienone is 2. The number of aryl methyl sites for hydroxylation is 3. The molecule has 1 aromatic heterocycles. The molecule has 1 heterocycles. The molecule has 3 aromatic carbocycles. The number of aromatic carboxylic acids is 1. The van der Waals surface area contributed by atoms with Crippen LogP contribution in [0.1, 0.15) is 72.9 Å². The summed E-state index contributed by atoms with van der Waals surface area (Å²) in [4.78, 5) is 47.1. The van der Waals surface area contributed by atoms with Gasteiger partial charge in [-0.2, -0.15) is 0 Å². The summed E-state index contributed by atoms with van der Waals surface area (Å²) in [6.07, 6.45) is 2.59. The number of phenols is 4. The summed E-state index contributed by atoms with van der Waals surface area (Å²) in [5.74, 6) is -3.22. The van der Waals surface area contributed by atoms with Crippen LogP contribution in [-0.4, -0.2) is 50.9 Å². The molecule has 0 aliphatic carbocycles. The van der Waals surface area contributed by atoms with E-state index in [4.69, 9.17) is 13.9 Å². The van der Waals surface area contributed by atoms with Crippen LogP contribution in [0.5, 0.6) is 34.5 Å². The lowest BCUT2D eigenvalue weighted by Gasteiger charge is -2.16. The zero-order valence-corrected chi connectivity index (χ0v) is 26.3. The molecule has 0 amide bonds. The van der Waals surface area contributed by atoms with Crippen LogP contribution in [0.2, 0.25) is 0 Å². The molecule has 0 atom stereocenters. The Kier molecular flexibility index (Phi) is 10.5. The molecule has 12 heteroatoms. The van der Waals surface area contributed by atoms with E-state index >= 15 is 0 Å². The summed E-state index contributed by atoms with van der Waals surface area (Å²) in [6.45, 7) is 9.85. The van der Waals surface area contributed by atoms with Gasteiger partial charge in [0.25, 0.3) is 0 Å². The molecule has 0 bridgehead atoms. The second-order valence-corrected chi connectivity index (χ2v) is 10.7. The second kappa shape index (κ2) is 13.9. The molecule has 0 unspecified atom stereocenters. The van der Waals surface area contributed by atoms with E-state index in [-0.39, 0.29) is 67.2 Å². The number of aldehydes is 1. The highest BCUT2D eigenvalue weighted by Gasteiger charge is 2.26. The first-order valence-corrected chi connectivity index (χ1v) is 13.8. The van der Waals surface area contributed by atoms with E-state index in [2.05, 4.69) is 0 Å². The fourth-order valence-electron chi connectivity index (χ4n) is 4.67. The lowest BCUT2D eigenvalue weighted by molar-refractivity contribution is 0.0681. The molecular weight excluding hydrogens is 600 g/mol. The minimum atomic E-state index is -1.38. The van der Waals surface area contributed by atoms with Gasteiger partial charge in [-0.25, -0.2) is 9.59 Å². The van der Waals surface area contributed by atoms with E-state index in [1.54, 1.807) is 6.92 Å². The average molecular weight is 635 g/mol. The van der Waals surface area contributed by atoms with Crippen molar-refractivity contribution in [3.63, 3.8) is 0 Å². The second-order valence-electron chi connectivity index (χ2n) is 10.7. The number of esters is 1. The number of methoxy groups -OCH3 is 1. The Hall–Kier alpha value is -5.78. The Labute approximate surface area is 263 Å². The van der Waals surface area contributed by atoms with Crippen LogP contribution in [0.4, 0.5) is 0 Å². The fourth-order valence-corrected chi connectivity index (χ4v) is 4.67. The van der Waals surface area contributed by atoms with Gasteiger partial charge in [0.05, 0.1) is 12.7 Å². The number of carboxylic acid groups (broad SMARTS) is 1. The monoisotopic (exact) mass is 634 g/mol. The summed E-state index contributed by atoms with van der Waals surface area (Å²) in [7, 11) is 1.31. The minimum absolute atomic E-state index is 0.0419. The van der Waals surface area contributed by atoms with Gasteiger partial charge in [0.15, 0.2) is 11.7 Å². The van der Waals surface area contributed by atoms with Crippen LogP contribution < -0.4 is 14.9 Å². The number of carbonyl (C=O) groups is 3. The molecule has 0 fully saturated rings. The maximum Gasteiger partial charge on any atom is 0.347 e. The van der Waals surface area contributed by atoms with E-state index in [0.29, 0.717) is 29.6 Å². The van der Waals surface area contributed by atoms with Crippen LogP contribution in [0.15, 0.2) is 45.1 Å². The predicted octanol–water partition coefficient (Wildman–Crippen LogP) is 5.78. The normalized spacial score (nSPS) is 10.5. The third-order valence-corrected chi connectivity index (χ3v) is 7.07. The Balaban J connectivity index is 0.000000266. The Morgan fingerprint density at radius 2 is 1.50 bits per heavy atom. The van der Waals surface area contributed by atoms with E-state index in [0.717, 1.165) is 5.57 Å². The maximum atomic E-state index is 12.6. The maximum absolute atomic E-state index is 12.6. The number of rotatable bonds is 7. The molecule has 0 aliphatic rings. The highest BCUT2D eigenvalue weighted by atomic mass is 16.5. The number of phenolic OH excluding ortho intramolecular Hbond substituents is 3. The smallest absolute Gasteiger partial charge is 0.347 e. The number of fused-ring (bicyclic) bond motifs is 1. The summed E-state index contributed by atoms with van der Waals surface area (Å²) in [5, 5.41) is 49.7. The van der Waals surface area contributed by atoms with Crippen LogP contribution in [0.3, 0.4) is 0 Å². The summed E-state index contributed by atoms with van der Waals surface area (Å²) < 4.78 is 15.6. The first-order chi connectivity index (χ1) is 21.5. The first-order valence-electron chi connectivity index (χ1n) is 13.8. The van der Waals surface area contributed by atoms with Crippen molar-refractivity contribution in [2.75, 3.05) is 7.11 Å². The molecule has 0 saturated carbocycles. The van der Waals surface area contributed by atoms with Gasteiger partial charge in [-0.3, -0.25) is 9.59 Å².